The zero-order chi connectivity index (χ0) is 25.5. The minimum atomic E-state index is -0.922. The molecule has 0 spiro atoms. The number of rotatable bonds is 4. The summed E-state index contributed by atoms with van der Waals surface area (Å²) in [6, 6.07) is 2.31. The van der Waals surface area contributed by atoms with E-state index in [9.17, 15) is 18.4 Å². The number of nitrogens with one attached hydrogen (secondary N) is 1. The van der Waals surface area contributed by atoms with Crippen molar-refractivity contribution in [1.82, 2.24) is 19.7 Å². The standard InChI is InChI=1S/C17H15F2N5O2S.C6H13NO/c1-23(2)17(26)9-4-11(18)14(12(19)5-9)16-22-13(8-27-16)15(25)21-10-6-20-24(3)7-10;7-6-2-1-4-8-5-3-6/h4-8H,1-3H3,(H,21,25);6H,1-5,7H2/t;6-/m.1/s1. The summed E-state index contributed by atoms with van der Waals surface area (Å²) in [6.45, 7) is 1.77. The van der Waals surface area contributed by atoms with Gasteiger partial charge in [-0.15, -0.1) is 11.3 Å². The third-order valence-corrected chi connectivity index (χ3v) is 5.97. The molecule has 0 radical (unpaired) electrons. The molecule has 35 heavy (non-hydrogen) atoms. The Labute approximate surface area is 205 Å². The second-order valence-corrected chi connectivity index (χ2v) is 9.07. The number of anilines is 1. The number of carbonyl (C=O) groups excluding carboxylic acids is 2. The van der Waals surface area contributed by atoms with Gasteiger partial charge in [0.2, 0.25) is 0 Å². The molecule has 12 heteroatoms. The summed E-state index contributed by atoms with van der Waals surface area (Å²) in [7, 11) is 4.67. The summed E-state index contributed by atoms with van der Waals surface area (Å²) in [4.78, 5) is 29.3. The molecule has 0 aliphatic carbocycles. The van der Waals surface area contributed by atoms with E-state index in [-0.39, 0.29) is 21.8 Å². The molecular weight excluding hydrogens is 478 g/mol. The number of ether oxygens (including phenoxy) is 1. The number of aromatic nitrogens is 3. The minimum Gasteiger partial charge on any atom is -0.381 e. The molecule has 2 aromatic heterocycles. The van der Waals surface area contributed by atoms with Gasteiger partial charge < -0.3 is 20.7 Å². The number of nitrogens with two attached hydrogens (primary N) is 1. The van der Waals surface area contributed by atoms with Crippen molar-refractivity contribution >= 4 is 28.8 Å². The van der Waals surface area contributed by atoms with Crippen LogP contribution in [0.1, 0.15) is 40.1 Å². The van der Waals surface area contributed by atoms with Crippen LogP contribution in [0.15, 0.2) is 29.9 Å². The van der Waals surface area contributed by atoms with E-state index < -0.39 is 23.4 Å². The third-order valence-electron chi connectivity index (χ3n) is 5.11. The average Bonchev–Trinajstić information content (AvgIpc) is 3.37. The molecule has 3 aromatic rings. The van der Waals surface area contributed by atoms with E-state index in [1.165, 1.54) is 35.3 Å². The smallest absolute Gasteiger partial charge is 0.275 e. The first kappa shape index (κ1) is 26.4. The highest BCUT2D eigenvalue weighted by Crippen LogP contribution is 2.30. The first-order valence-electron chi connectivity index (χ1n) is 11.0. The number of thiazole rings is 1. The Morgan fingerprint density at radius 1 is 1.23 bits per heavy atom. The molecule has 4 rings (SSSR count). The van der Waals surface area contributed by atoms with Crippen molar-refractivity contribution in [2.75, 3.05) is 32.6 Å². The van der Waals surface area contributed by atoms with Gasteiger partial charge in [-0.2, -0.15) is 5.10 Å². The second kappa shape index (κ2) is 12.0. The van der Waals surface area contributed by atoms with E-state index in [1.54, 1.807) is 13.2 Å². The number of nitrogens with zero attached hydrogens (tertiary/aromatic N) is 4. The van der Waals surface area contributed by atoms with Crippen molar-refractivity contribution < 1.29 is 23.1 Å². The number of carbonyl (C=O) groups is 2. The van der Waals surface area contributed by atoms with Crippen LogP contribution in [0.5, 0.6) is 0 Å². The van der Waals surface area contributed by atoms with Gasteiger partial charge >= 0.3 is 0 Å². The van der Waals surface area contributed by atoms with E-state index in [0.29, 0.717) is 11.7 Å². The third kappa shape index (κ3) is 7.13. The predicted molar refractivity (Wildman–Crippen MR) is 129 cm³/mol. The first-order valence-corrected chi connectivity index (χ1v) is 11.8. The molecule has 0 bridgehead atoms. The first-order chi connectivity index (χ1) is 16.7. The molecule has 1 aliphatic rings. The van der Waals surface area contributed by atoms with Crippen LogP contribution in [0.25, 0.3) is 10.6 Å². The quantitative estimate of drug-likeness (QED) is 0.561. The Balaban J connectivity index is 0.000000363. The van der Waals surface area contributed by atoms with Gasteiger partial charge in [-0.1, -0.05) is 0 Å². The fourth-order valence-electron chi connectivity index (χ4n) is 3.26. The highest BCUT2D eigenvalue weighted by atomic mass is 32.1. The van der Waals surface area contributed by atoms with Crippen LogP contribution in [0.4, 0.5) is 14.5 Å². The molecule has 1 saturated heterocycles. The van der Waals surface area contributed by atoms with Crippen LogP contribution >= 0.6 is 11.3 Å². The van der Waals surface area contributed by atoms with Gasteiger partial charge in [-0.05, 0) is 31.4 Å². The maximum absolute atomic E-state index is 14.4. The van der Waals surface area contributed by atoms with Crippen molar-refractivity contribution in [2.45, 2.75) is 25.3 Å². The zero-order valence-electron chi connectivity index (χ0n) is 19.8. The van der Waals surface area contributed by atoms with Gasteiger partial charge in [-0.3, -0.25) is 14.3 Å². The second-order valence-electron chi connectivity index (χ2n) is 8.21. The van der Waals surface area contributed by atoms with Gasteiger partial charge in [0.05, 0.1) is 17.4 Å². The van der Waals surface area contributed by atoms with E-state index in [2.05, 4.69) is 15.4 Å². The Bertz CT molecular complexity index is 1150. The van der Waals surface area contributed by atoms with Crippen LogP contribution < -0.4 is 11.1 Å². The maximum atomic E-state index is 14.4. The van der Waals surface area contributed by atoms with Crippen LogP contribution in [-0.2, 0) is 11.8 Å². The Morgan fingerprint density at radius 3 is 2.57 bits per heavy atom. The van der Waals surface area contributed by atoms with E-state index in [1.807, 2.05) is 0 Å². The van der Waals surface area contributed by atoms with Gasteiger partial charge in [0.15, 0.2) is 0 Å². The van der Waals surface area contributed by atoms with Crippen LogP contribution in [0.2, 0.25) is 0 Å². The summed E-state index contributed by atoms with van der Waals surface area (Å²) in [6.07, 6.45) is 6.39. The van der Waals surface area contributed by atoms with Crippen molar-refractivity contribution in [1.29, 1.82) is 0 Å². The van der Waals surface area contributed by atoms with Crippen molar-refractivity contribution in [3.05, 3.63) is 52.8 Å². The maximum Gasteiger partial charge on any atom is 0.275 e. The zero-order valence-corrected chi connectivity index (χ0v) is 20.6. The van der Waals surface area contributed by atoms with E-state index in [0.717, 1.165) is 55.9 Å². The summed E-state index contributed by atoms with van der Waals surface area (Å²) in [5, 5.41) is 7.93. The normalized spacial score (nSPS) is 15.5. The molecular formula is C23H28F2N6O3S. The van der Waals surface area contributed by atoms with Crippen LogP contribution in [0.3, 0.4) is 0 Å². The number of halogens is 2. The monoisotopic (exact) mass is 506 g/mol. The number of aryl methyl sites for hydroxylation is 1. The van der Waals surface area contributed by atoms with Crippen LogP contribution in [0, 0.1) is 11.6 Å². The summed E-state index contributed by atoms with van der Waals surface area (Å²) in [5.41, 5.74) is 5.66. The van der Waals surface area contributed by atoms with Gasteiger partial charge in [-0.25, -0.2) is 13.8 Å². The van der Waals surface area contributed by atoms with Crippen LogP contribution in [-0.4, -0.2) is 64.8 Å². The molecule has 1 aromatic carbocycles. The lowest BCUT2D eigenvalue weighted by atomic mass is 10.1. The minimum absolute atomic E-state index is 0.00480. The number of hydrogen-bond donors (Lipinski definition) is 2. The van der Waals surface area contributed by atoms with Gasteiger partial charge in [0.1, 0.15) is 22.3 Å². The summed E-state index contributed by atoms with van der Waals surface area (Å²) >= 11 is 0.928. The van der Waals surface area contributed by atoms with E-state index >= 15 is 0 Å². The van der Waals surface area contributed by atoms with Gasteiger partial charge in [0, 0.05) is 57.5 Å². The number of hydrogen-bond acceptors (Lipinski definition) is 7. The largest absolute Gasteiger partial charge is 0.381 e. The Hall–Kier alpha value is -3.22. The fourth-order valence-corrected chi connectivity index (χ4v) is 4.11. The van der Waals surface area contributed by atoms with Crippen molar-refractivity contribution in [2.24, 2.45) is 12.8 Å². The molecule has 3 N–H and O–H groups in total. The lowest BCUT2D eigenvalue weighted by Crippen LogP contribution is -2.22. The molecule has 9 nitrogen and oxygen atoms in total. The molecule has 3 heterocycles. The highest BCUT2D eigenvalue weighted by molar-refractivity contribution is 7.13. The number of amides is 2. The molecule has 188 valence electrons. The Morgan fingerprint density at radius 2 is 1.94 bits per heavy atom. The average molecular weight is 507 g/mol. The molecule has 1 atom stereocenters. The topological polar surface area (TPSA) is 115 Å². The Kier molecular flexibility index (Phi) is 9.01. The predicted octanol–water partition coefficient (Wildman–Crippen LogP) is 3.29. The van der Waals surface area contributed by atoms with Crippen molar-refractivity contribution in [3.63, 3.8) is 0 Å². The number of benzene rings is 1. The summed E-state index contributed by atoms with van der Waals surface area (Å²) in [5.74, 6) is -2.89. The fraction of sp³-hybridized carbons (Fsp3) is 0.391. The van der Waals surface area contributed by atoms with Crippen molar-refractivity contribution in [3.8, 4) is 10.6 Å². The van der Waals surface area contributed by atoms with Gasteiger partial charge in [0.25, 0.3) is 11.8 Å². The molecule has 2 amide bonds. The van der Waals surface area contributed by atoms with E-state index in [4.69, 9.17) is 10.5 Å². The summed E-state index contributed by atoms with van der Waals surface area (Å²) < 4.78 is 35.6. The molecule has 0 unspecified atom stereocenters. The SMILES string of the molecule is CN(C)C(=O)c1cc(F)c(-c2nc(C(=O)Nc3cnn(C)c3)cs2)c(F)c1.N[C@@H]1CCCOCC1. The molecule has 1 fully saturated rings. The lowest BCUT2D eigenvalue weighted by molar-refractivity contribution is 0.0826. The lowest BCUT2D eigenvalue weighted by Gasteiger charge is -2.11. The molecule has 0 saturated carbocycles. The highest BCUT2D eigenvalue weighted by Gasteiger charge is 2.21. The molecule has 1 aliphatic heterocycles.